The molecule has 1 aliphatic heterocycles. The van der Waals surface area contributed by atoms with E-state index in [9.17, 15) is 9.59 Å². The molecule has 5 nitrogen and oxygen atoms in total. The van der Waals surface area contributed by atoms with E-state index in [0.29, 0.717) is 18.7 Å². The molecule has 0 spiro atoms. The number of rotatable bonds is 6. The van der Waals surface area contributed by atoms with Crippen LogP contribution in [0.5, 0.6) is 0 Å². The molecule has 0 saturated heterocycles. The number of hydrogen-bond acceptors (Lipinski definition) is 2. The van der Waals surface area contributed by atoms with Crippen molar-refractivity contribution in [2.75, 3.05) is 11.4 Å². The van der Waals surface area contributed by atoms with Crippen LogP contribution in [0.3, 0.4) is 0 Å². The van der Waals surface area contributed by atoms with Crippen LogP contribution in [0.2, 0.25) is 0 Å². The third kappa shape index (κ3) is 4.94. The number of hydrogen-bond donors (Lipinski definition) is 2. The normalized spacial score (nSPS) is 14.7. The fraction of sp³-hybridized carbons (Fsp3) is 0.231. The first kappa shape index (κ1) is 20.7. The second-order valence-electron chi connectivity index (χ2n) is 7.90. The molecule has 1 heterocycles. The molecule has 0 bridgehead atoms. The van der Waals surface area contributed by atoms with E-state index in [1.165, 1.54) is 5.56 Å². The summed E-state index contributed by atoms with van der Waals surface area (Å²) < 4.78 is 0. The van der Waals surface area contributed by atoms with Crippen LogP contribution in [0.4, 0.5) is 10.5 Å². The number of carbonyl (C=O) groups is 2. The highest BCUT2D eigenvalue weighted by Crippen LogP contribution is 2.34. The molecule has 1 aliphatic rings. The summed E-state index contributed by atoms with van der Waals surface area (Å²) in [6.07, 6.45) is 1.63. The van der Waals surface area contributed by atoms with Crippen molar-refractivity contribution in [1.82, 2.24) is 10.6 Å². The summed E-state index contributed by atoms with van der Waals surface area (Å²) in [5.74, 6) is 0.00983. The fourth-order valence-corrected chi connectivity index (χ4v) is 4.00. The Balaban J connectivity index is 1.36. The predicted octanol–water partition coefficient (Wildman–Crippen LogP) is 4.32. The van der Waals surface area contributed by atoms with E-state index in [0.717, 1.165) is 29.7 Å². The molecule has 4 rings (SSSR count). The fourth-order valence-electron chi connectivity index (χ4n) is 4.00. The first-order valence-electron chi connectivity index (χ1n) is 10.7. The molecule has 158 valence electrons. The minimum atomic E-state index is -0.193. The minimum absolute atomic E-state index is 0.00983. The minimum Gasteiger partial charge on any atom is -0.338 e. The van der Waals surface area contributed by atoms with Crippen molar-refractivity contribution in [2.45, 2.75) is 32.4 Å². The Morgan fingerprint density at radius 1 is 0.903 bits per heavy atom. The maximum Gasteiger partial charge on any atom is 0.315 e. The van der Waals surface area contributed by atoms with Crippen molar-refractivity contribution in [2.24, 2.45) is 0 Å². The first-order chi connectivity index (χ1) is 15.1. The quantitative estimate of drug-likeness (QED) is 0.632. The van der Waals surface area contributed by atoms with Gasteiger partial charge in [-0.15, -0.1) is 0 Å². The van der Waals surface area contributed by atoms with Crippen LogP contribution in [-0.4, -0.2) is 24.5 Å². The average molecular weight is 414 g/mol. The second-order valence-corrected chi connectivity index (χ2v) is 7.90. The zero-order valence-corrected chi connectivity index (χ0v) is 17.7. The lowest BCUT2D eigenvalue weighted by molar-refractivity contribution is 0.0981. The zero-order chi connectivity index (χ0) is 21.6. The summed E-state index contributed by atoms with van der Waals surface area (Å²) >= 11 is 0. The van der Waals surface area contributed by atoms with Crippen LogP contribution in [0, 0.1) is 0 Å². The van der Waals surface area contributed by atoms with Crippen LogP contribution in [0.1, 0.15) is 34.0 Å². The van der Waals surface area contributed by atoms with E-state index in [1.807, 2.05) is 77.7 Å². The lowest BCUT2D eigenvalue weighted by atomic mass is 10.1. The molecular weight excluding hydrogens is 386 g/mol. The van der Waals surface area contributed by atoms with Crippen molar-refractivity contribution in [3.63, 3.8) is 0 Å². The van der Waals surface area contributed by atoms with Gasteiger partial charge >= 0.3 is 6.03 Å². The molecule has 0 fully saturated rings. The van der Waals surface area contributed by atoms with Gasteiger partial charge in [0.15, 0.2) is 0 Å². The number of nitrogens with one attached hydrogen (secondary N) is 2. The van der Waals surface area contributed by atoms with E-state index in [-0.39, 0.29) is 18.0 Å². The maximum atomic E-state index is 13.1. The number of anilines is 1. The van der Waals surface area contributed by atoms with Gasteiger partial charge in [-0.25, -0.2) is 4.79 Å². The second kappa shape index (κ2) is 9.47. The monoisotopic (exact) mass is 413 g/mol. The lowest BCUT2D eigenvalue weighted by Crippen LogP contribution is -2.36. The van der Waals surface area contributed by atoms with Crippen molar-refractivity contribution >= 4 is 17.6 Å². The van der Waals surface area contributed by atoms with Gasteiger partial charge in [0, 0.05) is 30.4 Å². The van der Waals surface area contributed by atoms with E-state index < -0.39 is 0 Å². The molecule has 3 aromatic carbocycles. The number of benzene rings is 3. The van der Waals surface area contributed by atoms with E-state index >= 15 is 0 Å². The summed E-state index contributed by atoms with van der Waals surface area (Å²) in [5, 5.41) is 5.80. The first-order valence-corrected chi connectivity index (χ1v) is 10.7. The van der Waals surface area contributed by atoms with E-state index in [1.54, 1.807) is 0 Å². The summed E-state index contributed by atoms with van der Waals surface area (Å²) in [7, 11) is 0. The third-order valence-electron chi connectivity index (χ3n) is 5.60. The van der Waals surface area contributed by atoms with Crippen molar-refractivity contribution in [3.8, 4) is 0 Å². The Kier molecular flexibility index (Phi) is 6.32. The zero-order valence-electron chi connectivity index (χ0n) is 17.7. The van der Waals surface area contributed by atoms with E-state index in [2.05, 4.69) is 23.6 Å². The van der Waals surface area contributed by atoms with Gasteiger partial charge in [0.25, 0.3) is 5.91 Å². The predicted molar refractivity (Wildman–Crippen MR) is 123 cm³/mol. The standard InChI is InChI=1S/C26H27N3O2/c1-19-16-23-13-12-21(17-24(23)29(19)25(30)22-10-6-3-7-11-22)18-28-26(31)27-15-14-20-8-4-2-5-9-20/h2-13,17,19H,14-16,18H2,1H3,(H2,27,28,31)/t19-/m0/s1. The Morgan fingerprint density at radius 2 is 1.61 bits per heavy atom. The SMILES string of the molecule is C[C@H]1Cc2ccc(CNC(=O)NCCc3ccccc3)cc2N1C(=O)c1ccccc1. The number of urea groups is 1. The van der Waals surface area contributed by atoms with Crippen LogP contribution in [0.15, 0.2) is 78.9 Å². The lowest BCUT2D eigenvalue weighted by Gasteiger charge is -2.23. The number of fused-ring (bicyclic) bond motifs is 1. The van der Waals surface area contributed by atoms with Gasteiger partial charge in [0.1, 0.15) is 0 Å². The van der Waals surface area contributed by atoms with E-state index in [4.69, 9.17) is 0 Å². The highest BCUT2D eigenvalue weighted by molar-refractivity contribution is 6.07. The smallest absolute Gasteiger partial charge is 0.315 e. The van der Waals surface area contributed by atoms with Crippen LogP contribution >= 0.6 is 0 Å². The Labute approximate surface area is 183 Å². The van der Waals surface area contributed by atoms with Crippen molar-refractivity contribution in [3.05, 3.63) is 101 Å². The highest BCUT2D eigenvalue weighted by Gasteiger charge is 2.31. The summed E-state index contributed by atoms with van der Waals surface area (Å²) in [6.45, 7) is 3.06. The Hall–Kier alpha value is -3.60. The third-order valence-corrected chi connectivity index (χ3v) is 5.60. The van der Waals surface area contributed by atoms with Gasteiger partial charge in [-0.3, -0.25) is 4.79 Å². The summed E-state index contributed by atoms with van der Waals surface area (Å²) in [4.78, 5) is 27.1. The molecule has 0 saturated carbocycles. The topological polar surface area (TPSA) is 61.4 Å². The molecule has 3 aromatic rings. The molecule has 0 unspecified atom stereocenters. The molecule has 31 heavy (non-hydrogen) atoms. The van der Waals surface area contributed by atoms with Crippen LogP contribution in [-0.2, 0) is 19.4 Å². The van der Waals surface area contributed by atoms with Gasteiger partial charge in [0.05, 0.1) is 0 Å². The van der Waals surface area contributed by atoms with Crippen molar-refractivity contribution < 1.29 is 9.59 Å². The molecular formula is C26H27N3O2. The molecule has 0 aliphatic carbocycles. The summed E-state index contributed by atoms with van der Waals surface area (Å²) in [5.41, 5.74) is 4.94. The van der Waals surface area contributed by atoms with Gasteiger partial charge in [0.2, 0.25) is 0 Å². The molecule has 3 amide bonds. The Morgan fingerprint density at radius 3 is 2.35 bits per heavy atom. The van der Waals surface area contributed by atoms with Crippen molar-refractivity contribution in [1.29, 1.82) is 0 Å². The number of carbonyl (C=O) groups excluding carboxylic acids is 2. The van der Waals surface area contributed by atoms with Gasteiger partial charge in [-0.1, -0.05) is 60.7 Å². The highest BCUT2D eigenvalue weighted by atomic mass is 16.2. The molecule has 2 N–H and O–H groups in total. The summed E-state index contributed by atoms with van der Waals surface area (Å²) in [6, 6.07) is 25.4. The number of amides is 3. The Bertz CT molecular complexity index is 1050. The van der Waals surface area contributed by atoms with Gasteiger partial charge < -0.3 is 15.5 Å². The molecule has 0 radical (unpaired) electrons. The van der Waals surface area contributed by atoms with Crippen LogP contribution in [0.25, 0.3) is 0 Å². The maximum absolute atomic E-state index is 13.1. The van der Waals surface area contributed by atoms with Gasteiger partial charge in [-0.05, 0) is 54.7 Å². The molecule has 5 heteroatoms. The molecule has 0 aromatic heterocycles. The largest absolute Gasteiger partial charge is 0.338 e. The number of nitrogens with zero attached hydrogens (tertiary/aromatic N) is 1. The average Bonchev–Trinajstić information content (AvgIpc) is 3.13. The van der Waals surface area contributed by atoms with Gasteiger partial charge in [-0.2, -0.15) is 0 Å². The van der Waals surface area contributed by atoms with Crippen LogP contribution < -0.4 is 15.5 Å². The molecule has 1 atom stereocenters.